The third-order valence-electron chi connectivity index (χ3n) is 1.12. The third-order valence-corrected chi connectivity index (χ3v) is 1.50. The number of nitrogens with zero attached hydrogens (tertiary/aromatic N) is 2. The second-order valence-corrected chi connectivity index (χ2v) is 2.62. The van der Waals surface area contributed by atoms with Crippen LogP contribution in [0.4, 0.5) is 0 Å². The van der Waals surface area contributed by atoms with E-state index in [-0.39, 0.29) is 6.61 Å². The van der Waals surface area contributed by atoms with Crippen molar-refractivity contribution in [3.63, 3.8) is 0 Å². The van der Waals surface area contributed by atoms with Crippen LogP contribution >= 0.6 is 15.9 Å². The van der Waals surface area contributed by atoms with E-state index in [9.17, 15) is 0 Å². The average Bonchev–Trinajstić information content (AvgIpc) is 2.04. The Balaban J connectivity index is 3.06. The quantitative estimate of drug-likeness (QED) is 0.796. The van der Waals surface area contributed by atoms with Crippen molar-refractivity contribution in [3.8, 4) is 5.88 Å². The summed E-state index contributed by atoms with van der Waals surface area (Å²) < 4.78 is 5.42. The largest absolute Gasteiger partial charge is 0.480 e. The highest BCUT2D eigenvalue weighted by molar-refractivity contribution is 9.10. The highest BCUT2D eigenvalue weighted by Crippen LogP contribution is 2.14. The standard InChI is InChI=1S/C6H7BrN2O2/c1-11-6-4(3-10)9-5(7)2-8-6/h2,10H,3H2,1H3. The molecule has 0 atom stereocenters. The summed E-state index contributed by atoms with van der Waals surface area (Å²) in [6.45, 7) is -0.171. The molecule has 0 saturated carbocycles. The van der Waals surface area contributed by atoms with Crippen molar-refractivity contribution in [1.29, 1.82) is 0 Å². The van der Waals surface area contributed by atoms with E-state index >= 15 is 0 Å². The van der Waals surface area contributed by atoms with Crippen LogP contribution in [0.2, 0.25) is 0 Å². The van der Waals surface area contributed by atoms with Gasteiger partial charge in [0.2, 0.25) is 5.88 Å². The fraction of sp³-hybridized carbons (Fsp3) is 0.333. The Hall–Kier alpha value is -0.680. The van der Waals surface area contributed by atoms with Gasteiger partial charge in [0, 0.05) is 0 Å². The summed E-state index contributed by atoms with van der Waals surface area (Å²) in [5, 5.41) is 8.77. The summed E-state index contributed by atoms with van der Waals surface area (Å²) in [5.74, 6) is 0.357. The minimum atomic E-state index is -0.171. The number of hydrogen-bond donors (Lipinski definition) is 1. The zero-order valence-corrected chi connectivity index (χ0v) is 7.50. The van der Waals surface area contributed by atoms with E-state index in [4.69, 9.17) is 9.84 Å². The Kier molecular flexibility index (Phi) is 2.78. The van der Waals surface area contributed by atoms with Crippen molar-refractivity contribution >= 4 is 15.9 Å². The lowest BCUT2D eigenvalue weighted by atomic mass is 10.4. The van der Waals surface area contributed by atoms with Gasteiger partial charge < -0.3 is 9.84 Å². The molecule has 1 aromatic heterocycles. The van der Waals surface area contributed by atoms with Crippen molar-refractivity contribution in [1.82, 2.24) is 9.97 Å². The summed E-state index contributed by atoms with van der Waals surface area (Å²) in [7, 11) is 1.48. The van der Waals surface area contributed by atoms with Crippen molar-refractivity contribution in [3.05, 3.63) is 16.5 Å². The van der Waals surface area contributed by atoms with Crippen molar-refractivity contribution in [2.75, 3.05) is 7.11 Å². The molecule has 0 fully saturated rings. The van der Waals surface area contributed by atoms with Crippen LogP contribution in [-0.2, 0) is 6.61 Å². The molecule has 5 heteroatoms. The molecule has 11 heavy (non-hydrogen) atoms. The molecule has 1 rings (SSSR count). The van der Waals surface area contributed by atoms with Crippen LogP contribution in [-0.4, -0.2) is 22.2 Å². The maximum Gasteiger partial charge on any atom is 0.237 e. The molecule has 0 unspecified atom stereocenters. The van der Waals surface area contributed by atoms with Gasteiger partial charge >= 0.3 is 0 Å². The number of methoxy groups -OCH3 is 1. The van der Waals surface area contributed by atoms with Crippen LogP contribution in [0.3, 0.4) is 0 Å². The van der Waals surface area contributed by atoms with Gasteiger partial charge in [-0.1, -0.05) is 0 Å². The third kappa shape index (κ3) is 1.87. The number of aromatic nitrogens is 2. The molecular formula is C6H7BrN2O2. The van der Waals surface area contributed by atoms with Gasteiger partial charge in [0.1, 0.15) is 10.3 Å². The zero-order chi connectivity index (χ0) is 8.27. The van der Waals surface area contributed by atoms with Gasteiger partial charge in [-0.3, -0.25) is 0 Å². The summed E-state index contributed by atoms with van der Waals surface area (Å²) in [4.78, 5) is 7.82. The Morgan fingerprint density at radius 2 is 2.45 bits per heavy atom. The molecule has 0 aliphatic carbocycles. The van der Waals surface area contributed by atoms with Gasteiger partial charge in [0.25, 0.3) is 0 Å². The first-order chi connectivity index (χ1) is 5.27. The highest BCUT2D eigenvalue weighted by atomic mass is 79.9. The Morgan fingerprint density at radius 1 is 1.73 bits per heavy atom. The maximum atomic E-state index is 8.77. The van der Waals surface area contributed by atoms with Gasteiger partial charge in [0.05, 0.1) is 19.9 Å². The van der Waals surface area contributed by atoms with E-state index < -0.39 is 0 Å². The Morgan fingerprint density at radius 3 is 3.00 bits per heavy atom. The van der Waals surface area contributed by atoms with Crippen LogP contribution in [0, 0.1) is 0 Å². The first-order valence-electron chi connectivity index (χ1n) is 2.94. The molecule has 4 nitrogen and oxygen atoms in total. The lowest BCUT2D eigenvalue weighted by molar-refractivity contribution is 0.265. The topological polar surface area (TPSA) is 55.2 Å². The van der Waals surface area contributed by atoms with Gasteiger partial charge in [-0.05, 0) is 15.9 Å². The first kappa shape index (κ1) is 8.42. The van der Waals surface area contributed by atoms with Crippen molar-refractivity contribution < 1.29 is 9.84 Å². The fourth-order valence-electron chi connectivity index (χ4n) is 0.666. The summed E-state index contributed by atoms with van der Waals surface area (Å²) in [5.41, 5.74) is 0.432. The van der Waals surface area contributed by atoms with Crippen molar-refractivity contribution in [2.24, 2.45) is 0 Å². The van der Waals surface area contributed by atoms with E-state index in [2.05, 4.69) is 25.9 Å². The lowest BCUT2D eigenvalue weighted by Gasteiger charge is -2.02. The van der Waals surface area contributed by atoms with Crippen LogP contribution in [0.25, 0.3) is 0 Å². The molecule has 0 aliphatic rings. The average molecular weight is 219 g/mol. The minimum absolute atomic E-state index is 0.171. The molecule has 0 bridgehead atoms. The first-order valence-corrected chi connectivity index (χ1v) is 3.73. The Labute approximate surface area is 72.4 Å². The normalized spacial score (nSPS) is 9.73. The fourth-order valence-corrected chi connectivity index (χ4v) is 0.982. The smallest absolute Gasteiger partial charge is 0.237 e. The van der Waals surface area contributed by atoms with E-state index in [1.165, 1.54) is 13.3 Å². The number of halogens is 1. The highest BCUT2D eigenvalue weighted by Gasteiger charge is 2.04. The number of rotatable bonds is 2. The van der Waals surface area contributed by atoms with Crippen LogP contribution in [0.15, 0.2) is 10.8 Å². The van der Waals surface area contributed by atoms with Gasteiger partial charge in [-0.2, -0.15) is 0 Å². The monoisotopic (exact) mass is 218 g/mol. The molecule has 0 saturated heterocycles. The Bertz CT molecular complexity index is 254. The second-order valence-electron chi connectivity index (χ2n) is 1.81. The van der Waals surface area contributed by atoms with Crippen LogP contribution in [0.1, 0.15) is 5.69 Å². The van der Waals surface area contributed by atoms with E-state index in [1.54, 1.807) is 0 Å². The van der Waals surface area contributed by atoms with E-state index in [0.717, 1.165) is 0 Å². The number of hydrogen-bond acceptors (Lipinski definition) is 4. The van der Waals surface area contributed by atoms with Crippen LogP contribution < -0.4 is 4.74 Å². The zero-order valence-electron chi connectivity index (χ0n) is 5.91. The van der Waals surface area contributed by atoms with E-state index in [0.29, 0.717) is 16.2 Å². The van der Waals surface area contributed by atoms with E-state index in [1.807, 2.05) is 0 Å². The summed E-state index contributed by atoms with van der Waals surface area (Å²) in [6, 6.07) is 0. The predicted octanol–water partition coefficient (Wildman–Crippen LogP) is 0.740. The maximum absolute atomic E-state index is 8.77. The number of aliphatic hydroxyl groups is 1. The molecule has 0 radical (unpaired) electrons. The SMILES string of the molecule is COc1ncc(Br)nc1CO. The molecule has 1 aromatic rings. The molecule has 0 aromatic carbocycles. The molecule has 0 spiro atoms. The molecule has 60 valence electrons. The molecule has 1 heterocycles. The second kappa shape index (κ2) is 3.64. The van der Waals surface area contributed by atoms with Gasteiger partial charge in [-0.15, -0.1) is 0 Å². The molecule has 0 amide bonds. The summed E-state index contributed by atoms with van der Waals surface area (Å²) >= 11 is 3.13. The minimum Gasteiger partial charge on any atom is -0.480 e. The molecule has 1 N–H and O–H groups in total. The van der Waals surface area contributed by atoms with Gasteiger partial charge in [0.15, 0.2) is 0 Å². The number of ether oxygens (including phenoxy) is 1. The van der Waals surface area contributed by atoms with Crippen molar-refractivity contribution in [2.45, 2.75) is 6.61 Å². The molecule has 0 aliphatic heterocycles. The van der Waals surface area contributed by atoms with Crippen LogP contribution in [0.5, 0.6) is 5.88 Å². The van der Waals surface area contributed by atoms with Gasteiger partial charge in [-0.25, -0.2) is 9.97 Å². The molecular weight excluding hydrogens is 212 g/mol. The lowest BCUT2D eigenvalue weighted by Crippen LogP contribution is -1.98. The summed E-state index contributed by atoms with van der Waals surface area (Å²) in [6.07, 6.45) is 1.51. The number of aliphatic hydroxyl groups excluding tert-OH is 1. The predicted molar refractivity (Wildman–Crippen MR) is 42.2 cm³/mol.